The van der Waals surface area contributed by atoms with Gasteiger partial charge in [-0.25, -0.2) is 4.79 Å². The van der Waals surface area contributed by atoms with E-state index in [0.717, 1.165) is 5.69 Å². The lowest BCUT2D eigenvalue weighted by molar-refractivity contribution is -0.140. The van der Waals surface area contributed by atoms with Crippen molar-refractivity contribution in [2.75, 3.05) is 7.05 Å². The molecule has 0 fully saturated rings. The third-order valence-corrected chi connectivity index (χ3v) is 3.27. The lowest BCUT2D eigenvalue weighted by Gasteiger charge is -2.16. The molecule has 0 spiro atoms. The molecule has 8 heteroatoms. The normalized spacial score (nSPS) is 12.1. The van der Waals surface area contributed by atoms with Crippen LogP contribution in [0.5, 0.6) is 0 Å². The fourth-order valence-electron chi connectivity index (χ4n) is 1.87. The van der Waals surface area contributed by atoms with Gasteiger partial charge in [0.25, 0.3) is 5.91 Å². The van der Waals surface area contributed by atoms with Gasteiger partial charge in [0.15, 0.2) is 0 Å². The quantitative estimate of drug-likeness (QED) is 0.867. The molecule has 0 aliphatic carbocycles. The van der Waals surface area contributed by atoms with Crippen LogP contribution in [-0.2, 0) is 18.4 Å². The Kier molecular flexibility index (Phi) is 4.06. The minimum absolute atomic E-state index is 0.222. The molecule has 0 saturated carbocycles. The molecular formula is C13H17N5O3. The molecule has 1 unspecified atom stereocenters. The molecule has 2 heterocycles. The third-order valence-electron chi connectivity index (χ3n) is 3.27. The second-order valence-electron chi connectivity index (χ2n) is 4.83. The molecule has 1 amide bonds. The number of aliphatic carboxylic acids is 1. The lowest BCUT2D eigenvalue weighted by atomic mass is 10.3. The standard InChI is InChI=1S/C13H17N5O3/c1-9(13(20)21)18-7-10(6-15-18)12(19)16(2)8-11-4-5-14-17(11)3/h4-7,9H,8H2,1-3H3,(H,20,21). The summed E-state index contributed by atoms with van der Waals surface area (Å²) in [5, 5.41) is 16.9. The molecule has 8 nitrogen and oxygen atoms in total. The van der Waals surface area contributed by atoms with Crippen molar-refractivity contribution < 1.29 is 14.7 Å². The van der Waals surface area contributed by atoms with Crippen molar-refractivity contribution in [2.45, 2.75) is 19.5 Å². The Balaban J connectivity index is 2.09. The van der Waals surface area contributed by atoms with Crippen molar-refractivity contribution in [3.8, 4) is 0 Å². The Labute approximate surface area is 121 Å². The number of hydrogen-bond donors (Lipinski definition) is 1. The van der Waals surface area contributed by atoms with E-state index in [1.807, 2.05) is 6.07 Å². The number of carbonyl (C=O) groups excluding carboxylic acids is 1. The van der Waals surface area contributed by atoms with E-state index in [0.29, 0.717) is 12.1 Å². The van der Waals surface area contributed by atoms with Crippen molar-refractivity contribution in [3.63, 3.8) is 0 Å². The first kappa shape index (κ1) is 14.8. The second-order valence-corrected chi connectivity index (χ2v) is 4.83. The molecule has 2 aromatic rings. The van der Waals surface area contributed by atoms with Crippen LogP contribution in [0.25, 0.3) is 0 Å². The van der Waals surface area contributed by atoms with Gasteiger partial charge in [-0.3, -0.25) is 14.2 Å². The summed E-state index contributed by atoms with van der Waals surface area (Å²) < 4.78 is 2.95. The van der Waals surface area contributed by atoms with Crippen LogP contribution in [0.4, 0.5) is 0 Å². The Morgan fingerprint density at radius 2 is 2.14 bits per heavy atom. The minimum Gasteiger partial charge on any atom is -0.480 e. The number of aryl methyl sites for hydroxylation is 1. The molecule has 21 heavy (non-hydrogen) atoms. The van der Waals surface area contributed by atoms with Gasteiger partial charge in [-0.2, -0.15) is 10.2 Å². The van der Waals surface area contributed by atoms with Crippen LogP contribution < -0.4 is 0 Å². The molecule has 0 aromatic carbocycles. The van der Waals surface area contributed by atoms with Gasteiger partial charge in [0, 0.05) is 26.5 Å². The van der Waals surface area contributed by atoms with Crippen LogP contribution in [0.15, 0.2) is 24.7 Å². The zero-order chi connectivity index (χ0) is 15.6. The summed E-state index contributed by atoms with van der Waals surface area (Å²) in [6.45, 7) is 1.91. The van der Waals surface area contributed by atoms with Gasteiger partial charge in [-0.15, -0.1) is 0 Å². The number of amides is 1. The maximum absolute atomic E-state index is 12.3. The van der Waals surface area contributed by atoms with E-state index in [1.165, 1.54) is 28.9 Å². The Morgan fingerprint density at radius 3 is 2.71 bits per heavy atom. The number of carbonyl (C=O) groups is 2. The number of rotatable bonds is 5. The summed E-state index contributed by atoms with van der Waals surface area (Å²) in [4.78, 5) is 24.7. The van der Waals surface area contributed by atoms with Gasteiger partial charge in [-0.05, 0) is 13.0 Å². The highest BCUT2D eigenvalue weighted by atomic mass is 16.4. The molecule has 1 N–H and O–H groups in total. The molecule has 0 aliphatic rings. The summed E-state index contributed by atoms with van der Waals surface area (Å²) in [5.41, 5.74) is 1.25. The number of carboxylic acid groups (broad SMARTS) is 1. The monoisotopic (exact) mass is 291 g/mol. The van der Waals surface area contributed by atoms with Crippen molar-refractivity contribution in [2.24, 2.45) is 7.05 Å². The second kappa shape index (κ2) is 5.78. The van der Waals surface area contributed by atoms with Crippen molar-refractivity contribution >= 4 is 11.9 Å². The first-order valence-electron chi connectivity index (χ1n) is 6.39. The van der Waals surface area contributed by atoms with Crippen LogP contribution in [-0.4, -0.2) is 48.5 Å². The Hall–Kier alpha value is -2.64. The van der Waals surface area contributed by atoms with Crippen molar-refractivity contribution in [1.29, 1.82) is 0 Å². The number of nitrogens with zero attached hydrogens (tertiary/aromatic N) is 5. The largest absolute Gasteiger partial charge is 0.480 e. The van der Waals surface area contributed by atoms with Gasteiger partial charge in [0.2, 0.25) is 0 Å². The van der Waals surface area contributed by atoms with Crippen molar-refractivity contribution in [3.05, 3.63) is 35.9 Å². The number of aromatic nitrogens is 4. The van der Waals surface area contributed by atoms with E-state index in [-0.39, 0.29) is 5.91 Å². The summed E-state index contributed by atoms with van der Waals surface area (Å²) in [6, 6.07) is 1.02. The SMILES string of the molecule is CC(C(=O)O)n1cc(C(=O)N(C)Cc2ccnn2C)cn1. The lowest BCUT2D eigenvalue weighted by Crippen LogP contribution is -2.27. The highest BCUT2D eigenvalue weighted by Crippen LogP contribution is 2.10. The highest BCUT2D eigenvalue weighted by molar-refractivity contribution is 5.93. The molecule has 112 valence electrons. The molecule has 0 bridgehead atoms. The summed E-state index contributed by atoms with van der Waals surface area (Å²) in [7, 11) is 3.48. The molecule has 2 aromatic heterocycles. The predicted octanol–water partition coefficient (Wildman–Crippen LogP) is 0.534. The number of hydrogen-bond acceptors (Lipinski definition) is 4. The summed E-state index contributed by atoms with van der Waals surface area (Å²) in [6.07, 6.45) is 4.49. The maximum atomic E-state index is 12.3. The molecule has 0 saturated heterocycles. The molecule has 0 aliphatic heterocycles. The smallest absolute Gasteiger partial charge is 0.328 e. The van der Waals surface area contributed by atoms with Gasteiger partial charge < -0.3 is 10.0 Å². The Morgan fingerprint density at radius 1 is 1.43 bits per heavy atom. The first-order chi connectivity index (χ1) is 9.90. The third kappa shape index (κ3) is 3.10. The molecule has 0 radical (unpaired) electrons. The van der Waals surface area contributed by atoms with E-state index in [2.05, 4.69) is 10.2 Å². The van der Waals surface area contributed by atoms with E-state index in [9.17, 15) is 9.59 Å². The van der Waals surface area contributed by atoms with Gasteiger partial charge in [0.1, 0.15) is 6.04 Å². The van der Waals surface area contributed by atoms with E-state index >= 15 is 0 Å². The average molecular weight is 291 g/mol. The van der Waals surface area contributed by atoms with Crippen LogP contribution in [0, 0.1) is 0 Å². The Bertz CT molecular complexity index is 660. The van der Waals surface area contributed by atoms with Gasteiger partial charge in [0.05, 0.1) is 24.0 Å². The van der Waals surface area contributed by atoms with Crippen molar-refractivity contribution in [1.82, 2.24) is 24.5 Å². The maximum Gasteiger partial charge on any atom is 0.328 e. The van der Waals surface area contributed by atoms with E-state index in [1.54, 1.807) is 25.0 Å². The molecule has 1 atom stereocenters. The van der Waals surface area contributed by atoms with Crippen LogP contribution >= 0.6 is 0 Å². The fraction of sp³-hybridized carbons (Fsp3) is 0.385. The summed E-state index contributed by atoms with van der Waals surface area (Å²) >= 11 is 0. The fourth-order valence-corrected chi connectivity index (χ4v) is 1.87. The number of carboxylic acids is 1. The molecular weight excluding hydrogens is 274 g/mol. The van der Waals surface area contributed by atoms with Crippen LogP contribution in [0.2, 0.25) is 0 Å². The van der Waals surface area contributed by atoms with E-state index in [4.69, 9.17) is 5.11 Å². The average Bonchev–Trinajstić information content (AvgIpc) is 3.07. The zero-order valence-corrected chi connectivity index (χ0v) is 12.1. The molecule has 2 rings (SSSR count). The summed E-state index contributed by atoms with van der Waals surface area (Å²) in [5.74, 6) is -1.22. The highest BCUT2D eigenvalue weighted by Gasteiger charge is 2.19. The zero-order valence-electron chi connectivity index (χ0n) is 12.1. The predicted molar refractivity (Wildman–Crippen MR) is 73.6 cm³/mol. The van der Waals surface area contributed by atoms with Gasteiger partial charge in [-0.1, -0.05) is 0 Å². The van der Waals surface area contributed by atoms with Gasteiger partial charge >= 0.3 is 5.97 Å². The minimum atomic E-state index is -1.000. The van der Waals surface area contributed by atoms with Crippen LogP contribution in [0.1, 0.15) is 29.0 Å². The van der Waals surface area contributed by atoms with Crippen LogP contribution in [0.3, 0.4) is 0 Å². The first-order valence-corrected chi connectivity index (χ1v) is 6.39. The topological polar surface area (TPSA) is 93.3 Å². The van der Waals surface area contributed by atoms with E-state index < -0.39 is 12.0 Å².